The summed E-state index contributed by atoms with van der Waals surface area (Å²) in [5.41, 5.74) is 1.33. The number of hydrogen-bond acceptors (Lipinski definition) is 5. The van der Waals surface area contributed by atoms with Gasteiger partial charge in [-0.2, -0.15) is 4.31 Å². The van der Waals surface area contributed by atoms with Crippen molar-refractivity contribution in [1.29, 1.82) is 0 Å². The van der Waals surface area contributed by atoms with Gasteiger partial charge in [0.15, 0.2) is 11.5 Å². The molecule has 0 bridgehead atoms. The van der Waals surface area contributed by atoms with Gasteiger partial charge < -0.3 is 14.5 Å². The van der Waals surface area contributed by atoms with Crippen LogP contribution in [0.3, 0.4) is 0 Å². The Balaban J connectivity index is 1.56. The second kappa shape index (κ2) is 8.55. The van der Waals surface area contributed by atoms with Gasteiger partial charge in [-0.15, -0.1) is 0 Å². The third-order valence-electron chi connectivity index (χ3n) is 5.41. The Labute approximate surface area is 195 Å². The number of hydrogen-bond donors (Lipinski definition) is 1. The van der Waals surface area contributed by atoms with Crippen molar-refractivity contribution in [3.05, 3.63) is 99.3 Å². The number of benzene rings is 3. The molecule has 0 amide bonds. The highest BCUT2D eigenvalue weighted by Crippen LogP contribution is 2.35. The fourth-order valence-corrected chi connectivity index (χ4v) is 5.25. The van der Waals surface area contributed by atoms with Gasteiger partial charge in [-0.3, -0.25) is 4.79 Å². The highest BCUT2D eigenvalue weighted by atomic mass is 35.5. The number of fused-ring (bicyclic) bond motifs is 2. The zero-order valence-electron chi connectivity index (χ0n) is 17.3. The Morgan fingerprint density at radius 1 is 0.909 bits per heavy atom. The first kappa shape index (κ1) is 21.5. The van der Waals surface area contributed by atoms with E-state index in [2.05, 4.69) is 4.98 Å². The molecule has 0 unspecified atom stereocenters. The van der Waals surface area contributed by atoms with Crippen molar-refractivity contribution in [1.82, 2.24) is 9.29 Å². The van der Waals surface area contributed by atoms with Crippen molar-refractivity contribution in [2.24, 2.45) is 0 Å². The molecule has 0 saturated carbocycles. The van der Waals surface area contributed by atoms with Crippen LogP contribution in [0.1, 0.15) is 11.1 Å². The molecule has 1 aromatic heterocycles. The fraction of sp³-hybridized carbons (Fsp3) is 0.125. The maximum atomic E-state index is 13.5. The number of rotatable bonds is 6. The van der Waals surface area contributed by atoms with Crippen LogP contribution < -0.4 is 15.0 Å². The molecular weight excluding hydrogens is 464 g/mol. The van der Waals surface area contributed by atoms with Gasteiger partial charge >= 0.3 is 0 Å². The molecule has 1 aliphatic heterocycles. The molecule has 5 rings (SSSR count). The molecule has 0 radical (unpaired) electrons. The number of halogens is 1. The van der Waals surface area contributed by atoms with Crippen LogP contribution in [0.15, 0.2) is 82.5 Å². The third kappa shape index (κ3) is 4.32. The molecule has 0 spiro atoms. The third-order valence-corrected chi connectivity index (χ3v) is 7.47. The summed E-state index contributed by atoms with van der Waals surface area (Å²) in [6.07, 6.45) is 0. The molecule has 0 atom stereocenters. The van der Waals surface area contributed by atoms with E-state index in [1.165, 1.54) is 28.6 Å². The zero-order valence-corrected chi connectivity index (χ0v) is 18.9. The summed E-state index contributed by atoms with van der Waals surface area (Å²) in [4.78, 5) is 15.8. The highest BCUT2D eigenvalue weighted by Gasteiger charge is 2.26. The molecule has 7 nitrogen and oxygen atoms in total. The molecule has 4 aromatic rings. The summed E-state index contributed by atoms with van der Waals surface area (Å²) >= 11 is 5.94. The normalized spacial score (nSPS) is 13.0. The summed E-state index contributed by atoms with van der Waals surface area (Å²) in [6.45, 7) is 0.108. The Morgan fingerprint density at radius 3 is 2.33 bits per heavy atom. The van der Waals surface area contributed by atoms with Crippen LogP contribution in [-0.2, 0) is 23.1 Å². The van der Waals surface area contributed by atoms with Crippen LogP contribution in [0.5, 0.6) is 11.5 Å². The number of aromatic nitrogens is 1. The number of H-pyrrole nitrogens is 1. The number of pyridine rings is 1. The first-order chi connectivity index (χ1) is 15.9. The molecule has 0 fully saturated rings. The van der Waals surface area contributed by atoms with E-state index in [1.807, 2.05) is 30.3 Å². The van der Waals surface area contributed by atoms with E-state index in [1.54, 1.807) is 18.2 Å². The SMILES string of the molecule is O=c1[nH]c2cc3c(cc2cc1CN(Cc1ccccc1)S(=O)(=O)c1ccc(Cl)cc1)OCO3. The van der Waals surface area contributed by atoms with Crippen LogP contribution in [0.4, 0.5) is 0 Å². The van der Waals surface area contributed by atoms with E-state index in [-0.39, 0.29) is 30.3 Å². The number of nitrogens with one attached hydrogen (secondary N) is 1. The minimum Gasteiger partial charge on any atom is -0.454 e. The molecule has 2 heterocycles. The summed E-state index contributed by atoms with van der Waals surface area (Å²) < 4.78 is 39.1. The monoisotopic (exact) mass is 482 g/mol. The molecule has 0 aliphatic carbocycles. The van der Waals surface area contributed by atoms with Crippen molar-refractivity contribution in [2.45, 2.75) is 18.0 Å². The zero-order chi connectivity index (χ0) is 23.0. The largest absolute Gasteiger partial charge is 0.454 e. The van der Waals surface area contributed by atoms with E-state index in [9.17, 15) is 13.2 Å². The highest BCUT2D eigenvalue weighted by molar-refractivity contribution is 7.89. The fourth-order valence-electron chi connectivity index (χ4n) is 3.72. The standard InChI is InChI=1S/C24H19ClN2O5S/c25-19-6-8-20(9-7-19)33(29,30)27(13-16-4-2-1-3-5-16)14-18-10-17-11-22-23(32-15-31-22)12-21(17)26-24(18)28/h1-12H,13-15H2,(H,26,28). The quantitative estimate of drug-likeness (QED) is 0.442. The Kier molecular flexibility index (Phi) is 5.57. The van der Waals surface area contributed by atoms with Gasteiger partial charge in [-0.05, 0) is 42.0 Å². The molecule has 1 N–H and O–H groups in total. The molecule has 3 aromatic carbocycles. The molecule has 168 valence electrons. The Bertz CT molecular complexity index is 1490. The minimum atomic E-state index is -3.92. The summed E-state index contributed by atoms with van der Waals surface area (Å²) in [7, 11) is -3.92. The average molecular weight is 483 g/mol. The maximum Gasteiger partial charge on any atom is 0.252 e. The van der Waals surface area contributed by atoms with Crippen molar-refractivity contribution < 1.29 is 17.9 Å². The van der Waals surface area contributed by atoms with Crippen molar-refractivity contribution in [3.8, 4) is 11.5 Å². The van der Waals surface area contributed by atoms with Crippen LogP contribution in [-0.4, -0.2) is 24.5 Å². The van der Waals surface area contributed by atoms with E-state index < -0.39 is 10.0 Å². The summed E-state index contributed by atoms with van der Waals surface area (Å²) in [5.74, 6) is 1.14. The predicted octanol–water partition coefficient (Wildman–Crippen LogP) is 4.30. The molecule has 33 heavy (non-hydrogen) atoms. The number of aromatic amines is 1. The lowest BCUT2D eigenvalue weighted by atomic mass is 10.1. The number of sulfonamides is 1. The topological polar surface area (TPSA) is 88.7 Å². The molecule has 1 aliphatic rings. The number of nitrogens with zero attached hydrogens (tertiary/aromatic N) is 1. The van der Waals surface area contributed by atoms with Crippen molar-refractivity contribution in [3.63, 3.8) is 0 Å². The van der Waals surface area contributed by atoms with Gasteiger partial charge in [0.2, 0.25) is 16.8 Å². The van der Waals surface area contributed by atoms with E-state index >= 15 is 0 Å². The van der Waals surface area contributed by atoms with Crippen molar-refractivity contribution in [2.75, 3.05) is 6.79 Å². The van der Waals surface area contributed by atoms with Gasteiger partial charge in [0, 0.05) is 35.1 Å². The lowest BCUT2D eigenvalue weighted by Crippen LogP contribution is -2.32. The molecule has 0 saturated heterocycles. The molecular formula is C24H19ClN2O5S. The lowest BCUT2D eigenvalue weighted by molar-refractivity contribution is 0.174. The second-order valence-electron chi connectivity index (χ2n) is 7.63. The van der Waals surface area contributed by atoms with Crippen LogP contribution in [0.25, 0.3) is 10.9 Å². The predicted molar refractivity (Wildman–Crippen MR) is 125 cm³/mol. The maximum absolute atomic E-state index is 13.5. The lowest BCUT2D eigenvalue weighted by Gasteiger charge is -2.22. The van der Waals surface area contributed by atoms with Crippen LogP contribution in [0.2, 0.25) is 5.02 Å². The number of ether oxygens (including phenoxy) is 2. The minimum absolute atomic E-state index is 0.100. The van der Waals surface area contributed by atoms with Gasteiger partial charge in [-0.25, -0.2) is 8.42 Å². The smallest absolute Gasteiger partial charge is 0.252 e. The van der Waals surface area contributed by atoms with E-state index in [0.29, 0.717) is 27.6 Å². The Hall–Kier alpha value is -3.33. The molecule has 9 heteroatoms. The van der Waals surface area contributed by atoms with E-state index in [0.717, 1.165) is 10.9 Å². The summed E-state index contributed by atoms with van der Waals surface area (Å²) in [5, 5.41) is 1.16. The van der Waals surface area contributed by atoms with Gasteiger partial charge in [0.25, 0.3) is 5.56 Å². The first-order valence-corrected chi connectivity index (χ1v) is 12.0. The van der Waals surface area contributed by atoms with Gasteiger partial charge in [0.1, 0.15) is 0 Å². The first-order valence-electron chi connectivity index (χ1n) is 10.2. The van der Waals surface area contributed by atoms with E-state index in [4.69, 9.17) is 21.1 Å². The van der Waals surface area contributed by atoms with Crippen LogP contribution in [0, 0.1) is 0 Å². The summed E-state index contributed by atoms with van der Waals surface area (Å²) in [6, 6.07) is 20.4. The average Bonchev–Trinajstić information content (AvgIpc) is 3.26. The Morgan fingerprint density at radius 2 is 1.61 bits per heavy atom. The van der Waals surface area contributed by atoms with Crippen molar-refractivity contribution >= 4 is 32.5 Å². The van der Waals surface area contributed by atoms with Gasteiger partial charge in [0.05, 0.1) is 10.4 Å². The van der Waals surface area contributed by atoms with Crippen LogP contribution >= 0.6 is 11.6 Å². The second-order valence-corrected chi connectivity index (χ2v) is 10.0. The van der Waals surface area contributed by atoms with Gasteiger partial charge in [-0.1, -0.05) is 41.9 Å².